The summed E-state index contributed by atoms with van der Waals surface area (Å²) in [6, 6.07) is 38.2. The van der Waals surface area contributed by atoms with E-state index in [2.05, 4.69) is 182 Å². The van der Waals surface area contributed by atoms with Gasteiger partial charge >= 0.3 is 0 Å². The lowest BCUT2D eigenvalue weighted by Crippen LogP contribution is -2.47. The highest BCUT2D eigenvalue weighted by Gasteiger charge is 2.57. The molecule has 2 aliphatic heterocycles. The van der Waals surface area contributed by atoms with Gasteiger partial charge in [0, 0.05) is 55.3 Å². The molecule has 0 saturated heterocycles. The van der Waals surface area contributed by atoms with E-state index in [1.165, 1.54) is 88.7 Å². The molecule has 57 heavy (non-hydrogen) atoms. The number of aliphatic imine (C=N–C) groups is 1. The maximum Gasteiger partial charge on any atom is 0.136 e. The summed E-state index contributed by atoms with van der Waals surface area (Å²) in [5.74, 6) is 0.0657. The van der Waals surface area contributed by atoms with Crippen molar-refractivity contribution in [3.8, 4) is 11.1 Å². The van der Waals surface area contributed by atoms with Crippen molar-refractivity contribution in [2.75, 3.05) is 0 Å². The first-order valence-corrected chi connectivity index (χ1v) is 20.6. The van der Waals surface area contributed by atoms with Gasteiger partial charge in [-0.1, -0.05) is 134 Å². The van der Waals surface area contributed by atoms with E-state index in [4.69, 9.17) is 14.4 Å². The minimum Gasteiger partial charge on any atom is -0.456 e. The summed E-state index contributed by atoms with van der Waals surface area (Å²) in [7, 11) is 0. The van der Waals surface area contributed by atoms with E-state index in [-0.39, 0.29) is 27.6 Å². The number of pyridine rings is 1. The Morgan fingerprint density at radius 3 is 1.96 bits per heavy atom. The summed E-state index contributed by atoms with van der Waals surface area (Å²) in [4.78, 5) is 11.1. The van der Waals surface area contributed by atoms with Crippen molar-refractivity contribution in [1.82, 2.24) is 9.55 Å². The first kappa shape index (κ1) is 33.4. The molecule has 0 bridgehead atoms. The van der Waals surface area contributed by atoms with Gasteiger partial charge < -0.3 is 8.98 Å². The van der Waals surface area contributed by atoms with Crippen molar-refractivity contribution < 1.29 is 4.42 Å². The van der Waals surface area contributed by atoms with Gasteiger partial charge in [0.25, 0.3) is 0 Å². The van der Waals surface area contributed by atoms with Crippen LogP contribution in [0.15, 0.2) is 130 Å². The van der Waals surface area contributed by atoms with E-state index in [0.29, 0.717) is 0 Å². The lowest BCUT2D eigenvalue weighted by atomic mass is 9.56. The Hall–Kier alpha value is -5.74. The predicted molar refractivity (Wildman–Crippen MR) is 235 cm³/mol. The van der Waals surface area contributed by atoms with Crippen molar-refractivity contribution in [2.45, 2.75) is 95.4 Å². The summed E-state index contributed by atoms with van der Waals surface area (Å²) < 4.78 is 9.14. The van der Waals surface area contributed by atoms with E-state index in [9.17, 15) is 0 Å². The molecule has 0 saturated carbocycles. The zero-order valence-electron chi connectivity index (χ0n) is 34.3. The quantitative estimate of drug-likeness (QED) is 0.168. The molecule has 2 unspecified atom stereocenters. The molecule has 12 rings (SSSR count). The molecule has 0 spiro atoms. The summed E-state index contributed by atoms with van der Waals surface area (Å²) in [6.45, 7) is 21.6. The third-order valence-corrected chi connectivity index (χ3v) is 15.1. The number of allylic oxidation sites excluding steroid dienone is 2. The normalized spacial score (nSPS) is 22.8. The molecule has 5 heterocycles. The molecular weight excluding hydrogens is 695 g/mol. The largest absolute Gasteiger partial charge is 0.456 e. The highest BCUT2D eigenvalue weighted by molar-refractivity contribution is 6.18. The Balaban J connectivity index is 1.25. The van der Waals surface area contributed by atoms with Crippen molar-refractivity contribution in [1.29, 1.82) is 0 Å². The monoisotopic (exact) mass is 741 g/mol. The van der Waals surface area contributed by atoms with Gasteiger partial charge in [-0.25, -0.2) is 0 Å². The van der Waals surface area contributed by atoms with Crippen LogP contribution in [0.4, 0.5) is 0 Å². The predicted octanol–water partition coefficient (Wildman–Crippen LogP) is 13.1. The Bertz CT molecular complexity index is 3210. The van der Waals surface area contributed by atoms with Crippen LogP contribution in [0.5, 0.6) is 0 Å². The van der Waals surface area contributed by atoms with Crippen LogP contribution in [0.1, 0.15) is 107 Å². The van der Waals surface area contributed by atoms with Crippen LogP contribution in [0.25, 0.3) is 54.9 Å². The van der Waals surface area contributed by atoms with Crippen molar-refractivity contribution in [3.05, 3.63) is 160 Å². The standard InChI is InChI=1S/C53H47N3O/c1-49(2)34-19-11-13-21-36(34)51(5,6)47-44(49)42-32-25-29(30-18-16-24-40-41(30)31-17-10-15-23-39(31)57-40)26-33-43-45-48(52(7,8)37-22-14-12-20-35(37)50(45,3)4)55-28-53(43,9)56(46(32)33)38(42)27-54-47/h10-28,43H,1-9H3. The van der Waals surface area contributed by atoms with Crippen LogP contribution in [0, 0.1) is 0 Å². The Morgan fingerprint density at radius 1 is 0.596 bits per heavy atom. The van der Waals surface area contributed by atoms with Crippen LogP contribution in [-0.4, -0.2) is 15.8 Å². The van der Waals surface area contributed by atoms with E-state index in [1.807, 2.05) is 0 Å². The molecule has 0 N–H and O–H groups in total. The maximum absolute atomic E-state index is 6.50. The summed E-state index contributed by atoms with van der Waals surface area (Å²) in [5, 5.41) is 4.93. The number of furan rings is 1. The van der Waals surface area contributed by atoms with Gasteiger partial charge in [-0.05, 0) is 81.3 Å². The maximum atomic E-state index is 6.50. The molecule has 5 aromatic carbocycles. The molecule has 8 aromatic rings. The number of benzene rings is 5. The number of nitrogens with zero attached hydrogens (tertiary/aromatic N) is 3. The van der Waals surface area contributed by atoms with Gasteiger partial charge in [-0.3, -0.25) is 9.98 Å². The third-order valence-electron chi connectivity index (χ3n) is 15.1. The zero-order valence-corrected chi connectivity index (χ0v) is 34.3. The average Bonchev–Trinajstić information content (AvgIpc) is 3.84. The smallest absolute Gasteiger partial charge is 0.136 e. The van der Waals surface area contributed by atoms with Gasteiger partial charge in [0.1, 0.15) is 11.2 Å². The summed E-state index contributed by atoms with van der Waals surface area (Å²) in [5.41, 5.74) is 17.3. The van der Waals surface area contributed by atoms with Crippen LogP contribution in [0.2, 0.25) is 0 Å². The molecule has 0 radical (unpaired) electrons. The second-order valence-corrected chi connectivity index (χ2v) is 19.6. The van der Waals surface area contributed by atoms with Crippen LogP contribution >= 0.6 is 0 Å². The second kappa shape index (κ2) is 10.2. The summed E-state index contributed by atoms with van der Waals surface area (Å²) in [6.07, 6.45) is 4.50. The van der Waals surface area contributed by atoms with Crippen molar-refractivity contribution in [2.24, 2.45) is 4.99 Å². The highest BCUT2D eigenvalue weighted by atomic mass is 16.3. The first-order chi connectivity index (χ1) is 27.2. The second-order valence-electron chi connectivity index (χ2n) is 19.6. The number of fused-ring (bicyclic) bond motifs is 14. The minimum absolute atomic E-state index is 0.0657. The highest BCUT2D eigenvalue weighted by Crippen LogP contribution is 2.64. The molecule has 2 atom stereocenters. The molecule has 3 aromatic heterocycles. The number of hydrogen-bond acceptors (Lipinski definition) is 3. The minimum atomic E-state index is -0.462. The summed E-state index contributed by atoms with van der Waals surface area (Å²) >= 11 is 0. The molecular formula is C53H47N3O. The number of hydrogen-bond donors (Lipinski definition) is 0. The third kappa shape index (κ3) is 3.77. The van der Waals surface area contributed by atoms with Gasteiger partial charge in [0.05, 0.1) is 34.2 Å². The fourth-order valence-corrected chi connectivity index (χ4v) is 12.4. The van der Waals surface area contributed by atoms with Crippen LogP contribution in [0.3, 0.4) is 0 Å². The van der Waals surface area contributed by atoms with E-state index in [1.54, 1.807) is 0 Å². The van der Waals surface area contributed by atoms with Gasteiger partial charge in [-0.2, -0.15) is 0 Å². The number of rotatable bonds is 1. The number of para-hydroxylation sites is 1. The SMILES string of the molecule is CC1(C)C2=C(C3c4cc(-c5cccc6oc7ccccc7c56)cc5c6c7c(ncc6n(c45)C3(C)C=N2)C(C)(C)c2ccccc2C7(C)C)C(C)(C)c2ccccc21. The van der Waals surface area contributed by atoms with Crippen molar-refractivity contribution in [3.63, 3.8) is 0 Å². The van der Waals surface area contributed by atoms with Crippen molar-refractivity contribution >= 4 is 50.0 Å². The Labute approximate surface area is 334 Å². The fraction of sp³-hybridized carbons (Fsp3) is 0.283. The first-order valence-electron chi connectivity index (χ1n) is 20.6. The topological polar surface area (TPSA) is 43.3 Å². The van der Waals surface area contributed by atoms with Crippen LogP contribution < -0.4 is 0 Å². The van der Waals surface area contributed by atoms with E-state index < -0.39 is 5.54 Å². The molecule has 0 fully saturated rings. The zero-order chi connectivity index (χ0) is 39.2. The van der Waals surface area contributed by atoms with E-state index >= 15 is 0 Å². The molecule has 4 aliphatic rings. The Morgan fingerprint density at radius 2 is 1.23 bits per heavy atom. The fourth-order valence-electron chi connectivity index (χ4n) is 12.4. The number of aromatic nitrogens is 2. The molecule has 4 nitrogen and oxygen atoms in total. The molecule has 280 valence electrons. The molecule has 0 amide bonds. The van der Waals surface area contributed by atoms with E-state index in [0.717, 1.165) is 16.6 Å². The lowest BCUT2D eigenvalue weighted by molar-refractivity contribution is 0.372. The Kier molecular flexibility index (Phi) is 5.99. The average molecular weight is 742 g/mol. The molecule has 2 aliphatic carbocycles. The van der Waals surface area contributed by atoms with Crippen LogP contribution in [-0.2, 0) is 27.2 Å². The van der Waals surface area contributed by atoms with Gasteiger partial charge in [0.2, 0.25) is 0 Å². The molecule has 4 heteroatoms. The lowest BCUT2D eigenvalue weighted by Gasteiger charge is -2.50. The van der Waals surface area contributed by atoms with Gasteiger partial charge in [-0.15, -0.1) is 0 Å². The van der Waals surface area contributed by atoms with Gasteiger partial charge in [0.15, 0.2) is 0 Å².